The second-order valence-corrected chi connectivity index (χ2v) is 8.06. The van der Waals surface area contributed by atoms with Gasteiger partial charge in [-0.3, -0.25) is 4.79 Å². The minimum atomic E-state index is -1.18. The largest absolute Gasteiger partial charge is 0.478 e. The molecule has 5 nitrogen and oxygen atoms in total. The molecule has 0 radical (unpaired) electrons. The van der Waals surface area contributed by atoms with Crippen molar-refractivity contribution in [3.63, 3.8) is 0 Å². The van der Waals surface area contributed by atoms with Gasteiger partial charge in [-0.1, -0.05) is 11.6 Å². The van der Waals surface area contributed by atoms with Crippen LogP contribution in [0.15, 0.2) is 46.2 Å². The summed E-state index contributed by atoms with van der Waals surface area (Å²) in [5.74, 6) is -1.97. The van der Waals surface area contributed by atoms with E-state index in [1.807, 2.05) is 19.1 Å². The first-order valence-corrected chi connectivity index (χ1v) is 10.1. The molecule has 0 spiro atoms. The Morgan fingerprint density at radius 3 is 2.57 bits per heavy atom. The molecule has 7 heteroatoms. The van der Waals surface area contributed by atoms with Crippen LogP contribution in [-0.2, 0) is 0 Å². The van der Waals surface area contributed by atoms with Crippen LogP contribution in [0.3, 0.4) is 0 Å². The monoisotopic (exact) mass is 423 g/mol. The summed E-state index contributed by atoms with van der Waals surface area (Å²) in [5, 5.41) is 14.8. The van der Waals surface area contributed by atoms with Gasteiger partial charge in [0.15, 0.2) is 5.76 Å². The van der Waals surface area contributed by atoms with Crippen molar-refractivity contribution >= 4 is 39.9 Å². The van der Waals surface area contributed by atoms with Gasteiger partial charge in [0.05, 0.1) is 10.6 Å². The number of aryl methyl sites for hydroxylation is 3. The van der Waals surface area contributed by atoms with Crippen molar-refractivity contribution in [2.45, 2.75) is 20.8 Å². The summed E-state index contributed by atoms with van der Waals surface area (Å²) in [4.78, 5) is 25.2. The van der Waals surface area contributed by atoms with Crippen LogP contribution < -0.4 is 5.32 Å². The lowest BCUT2D eigenvalue weighted by molar-refractivity contribution is 0.0699. The summed E-state index contributed by atoms with van der Waals surface area (Å²) >= 11 is 1.18. The molecule has 0 saturated carbocycles. The Morgan fingerprint density at radius 1 is 1.07 bits per heavy atom. The molecule has 0 saturated heterocycles. The highest BCUT2D eigenvalue weighted by molar-refractivity contribution is 7.14. The number of carboxylic acids is 1. The van der Waals surface area contributed by atoms with Crippen LogP contribution in [0.25, 0.3) is 21.4 Å². The third-order valence-electron chi connectivity index (χ3n) is 4.90. The van der Waals surface area contributed by atoms with Gasteiger partial charge in [0.25, 0.3) is 5.91 Å². The number of carbonyl (C=O) groups excluding carboxylic acids is 1. The predicted molar refractivity (Wildman–Crippen MR) is 115 cm³/mol. The molecule has 0 fully saturated rings. The predicted octanol–water partition coefficient (Wildman–Crippen LogP) is 6.18. The number of anilines is 1. The number of hydrogen-bond acceptors (Lipinski definition) is 4. The van der Waals surface area contributed by atoms with Gasteiger partial charge in [-0.15, -0.1) is 11.3 Å². The number of nitrogens with one attached hydrogen (secondary N) is 1. The lowest BCUT2D eigenvalue weighted by Gasteiger charge is -2.09. The van der Waals surface area contributed by atoms with Crippen LogP contribution in [0, 0.1) is 26.6 Å². The summed E-state index contributed by atoms with van der Waals surface area (Å²) in [6, 6.07) is 10.2. The number of benzene rings is 2. The SMILES string of the molecule is Cc1ccc2oc(C(=O)Nc3csc(-c4cc(C)c(F)cc4C)c3C(=O)O)cc2c1. The number of furan rings is 1. The quantitative estimate of drug-likeness (QED) is 0.411. The Bertz CT molecular complexity index is 1320. The van der Waals surface area contributed by atoms with E-state index in [-0.39, 0.29) is 22.8 Å². The maximum atomic E-state index is 13.8. The average molecular weight is 423 g/mol. The Labute approximate surface area is 175 Å². The lowest BCUT2D eigenvalue weighted by Crippen LogP contribution is -2.13. The van der Waals surface area contributed by atoms with Crippen LogP contribution in [0.2, 0.25) is 0 Å². The van der Waals surface area contributed by atoms with Crippen molar-refractivity contribution in [3.05, 3.63) is 75.6 Å². The molecule has 0 aliphatic heterocycles. The highest BCUT2D eigenvalue weighted by atomic mass is 32.1. The van der Waals surface area contributed by atoms with Crippen molar-refractivity contribution in [1.82, 2.24) is 0 Å². The first kappa shape index (κ1) is 19.8. The summed E-state index contributed by atoms with van der Waals surface area (Å²) in [7, 11) is 0. The maximum absolute atomic E-state index is 13.8. The van der Waals surface area contributed by atoms with Crippen LogP contribution >= 0.6 is 11.3 Å². The van der Waals surface area contributed by atoms with E-state index in [2.05, 4.69) is 5.32 Å². The third-order valence-corrected chi connectivity index (χ3v) is 5.91. The van der Waals surface area contributed by atoms with E-state index in [9.17, 15) is 19.1 Å². The maximum Gasteiger partial charge on any atom is 0.339 e. The second kappa shape index (κ2) is 7.42. The number of fused-ring (bicyclic) bond motifs is 1. The summed E-state index contributed by atoms with van der Waals surface area (Å²) in [6.45, 7) is 5.29. The normalized spacial score (nSPS) is 11.1. The third kappa shape index (κ3) is 3.48. The number of rotatable bonds is 4. The average Bonchev–Trinajstić information content (AvgIpc) is 3.28. The smallest absolute Gasteiger partial charge is 0.339 e. The molecule has 30 heavy (non-hydrogen) atoms. The molecule has 4 rings (SSSR count). The second-order valence-electron chi connectivity index (χ2n) is 7.18. The lowest BCUT2D eigenvalue weighted by atomic mass is 10.0. The number of carboxylic acid groups (broad SMARTS) is 1. The number of thiophene rings is 1. The number of halogens is 1. The van der Waals surface area contributed by atoms with E-state index < -0.39 is 11.9 Å². The number of aromatic carboxylic acids is 1. The Balaban J connectivity index is 1.72. The standard InChI is InChI=1S/C23H18FNO4S/c1-11-4-5-18-14(6-11)9-19(29-18)22(26)25-17-10-30-21(20(17)23(27)28)15-7-13(3)16(24)8-12(15)2/h4-10H,1-3H3,(H,25,26)(H,27,28). The van der Waals surface area contributed by atoms with Gasteiger partial charge < -0.3 is 14.8 Å². The minimum Gasteiger partial charge on any atom is -0.478 e. The number of amides is 1. The summed E-state index contributed by atoms with van der Waals surface area (Å²) in [5.41, 5.74) is 3.41. The molecule has 0 atom stereocenters. The molecular weight excluding hydrogens is 405 g/mol. The van der Waals surface area contributed by atoms with Crippen molar-refractivity contribution in [2.75, 3.05) is 5.32 Å². The zero-order chi connectivity index (χ0) is 21.6. The highest BCUT2D eigenvalue weighted by Crippen LogP contribution is 2.38. The molecule has 0 aliphatic carbocycles. The van der Waals surface area contributed by atoms with Crippen LogP contribution in [0.4, 0.5) is 10.1 Å². The van der Waals surface area contributed by atoms with Crippen molar-refractivity contribution in [1.29, 1.82) is 0 Å². The van der Waals surface area contributed by atoms with Crippen LogP contribution in [0.1, 0.15) is 37.6 Å². The van der Waals surface area contributed by atoms with Crippen molar-refractivity contribution in [2.24, 2.45) is 0 Å². The first-order chi connectivity index (χ1) is 14.2. The Morgan fingerprint density at radius 2 is 1.83 bits per heavy atom. The van der Waals surface area contributed by atoms with Gasteiger partial charge in [0.2, 0.25) is 0 Å². The van der Waals surface area contributed by atoms with E-state index in [1.165, 1.54) is 17.4 Å². The van der Waals surface area contributed by atoms with E-state index in [4.69, 9.17) is 4.42 Å². The van der Waals surface area contributed by atoms with Crippen molar-refractivity contribution in [3.8, 4) is 10.4 Å². The Hall–Kier alpha value is -3.45. The van der Waals surface area contributed by atoms with Gasteiger partial charge in [0, 0.05) is 10.8 Å². The van der Waals surface area contributed by atoms with Gasteiger partial charge in [-0.05, 0) is 67.8 Å². The molecule has 4 aromatic rings. The molecule has 2 heterocycles. The highest BCUT2D eigenvalue weighted by Gasteiger charge is 2.24. The van der Waals surface area contributed by atoms with E-state index in [0.717, 1.165) is 10.9 Å². The van der Waals surface area contributed by atoms with Gasteiger partial charge >= 0.3 is 5.97 Å². The minimum absolute atomic E-state index is 0.0330. The molecule has 2 N–H and O–H groups in total. The Kier molecular flexibility index (Phi) is 4.91. The molecule has 152 valence electrons. The zero-order valence-electron chi connectivity index (χ0n) is 16.5. The summed E-state index contributed by atoms with van der Waals surface area (Å²) < 4.78 is 19.4. The molecule has 0 bridgehead atoms. The molecule has 2 aromatic carbocycles. The molecule has 0 aliphatic rings. The number of hydrogen-bond donors (Lipinski definition) is 2. The van der Waals surface area contributed by atoms with Gasteiger partial charge in [-0.25, -0.2) is 9.18 Å². The summed E-state index contributed by atoms with van der Waals surface area (Å²) in [6.07, 6.45) is 0. The van der Waals surface area contributed by atoms with Crippen molar-refractivity contribution < 1.29 is 23.5 Å². The fourth-order valence-corrected chi connectivity index (χ4v) is 4.42. The van der Waals surface area contributed by atoms with E-state index in [1.54, 1.807) is 37.4 Å². The van der Waals surface area contributed by atoms with Gasteiger partial charge in [-0.2, -0.15) is 0 Å². The van der Waals surface area contributed by atoms with E-state index in [0.29, 0.717) is 27.2 Å². The molecule has 1 amide bonds. The fraction of sp³-hybridized carbons (Fsp3) is 0.130. The first-order valence-electron chi connectivity index (χ1n) is 9.18. The van der Waals surface area contributed by atoms with E-state index >= 15 is 0 Å². The topological polar surface area (TPSA) is 79.5 Å². The van der Waals surface area contributed by atoms with Gasteiger partial charge in [0.1, 0.15) is 17.0 Å². The number of carbonyl (C=O) groups is 2. The fourth-order valence-electron chi connectivity index (χ4n) is 3.34. The van der Waals surface area contributed by atoms with Crippen LogP contribution in [0.5, 0.6) is 0 Å². The molecular formula is C23H18FNO4S. The molecule has 2 aromatic heterocycles. The molecule has 0 unspecified atom stereocenters. The zero-order valence-corrected chi connectivity index (χ0v) is 17.3. The van der Waals surface area contributed by atoms with Crippen LogP contribution in [-0.4, -0.2) is 17.0 Å².